The molecule has 4 N–H and O–H groups in total. The minimum atomic E-state index is -0.664. The highest BCUT2D eigenvalue weighted by Gasteiger charge is 2.27. The van der Waals surface area contributed by atoms with E-state index in [0.29, 0.717) is 17.7 Å². The van der Waals surface area contributed by atoms with Crippen molar-refractivity contribution in [1.29, 1.82) is 0 Å². The fraction of sp³-hybridized carbons (Fsp3) is 0.333. The lowest BCUT2D eigenvalue weighted by Gasteiger charge is -2.21. The molecule has 19 heavy (non-hydrogen) atoms. The van der Waals surface area contributed by atoms with Gasteiger partial charge in [-0.3, -0.25) is 24.7 Å². The number of aromatic nitrogens is 1. The number of nitrogen functional groups attached to an aromatic ring is 1. The number of rotatable bonds is 3. The lowest BCUT2D eigenvalue weighted by molar-refractivity contribution is -0.137. The number of nitrogens with two attached hydrogens (primary N) is 1. The van der Waals surface area contributed by atoms with Crippen molar-refractivity contribution >= 4 is 23.4 Å². The Morgan fingerprint density at radius 1 is 1.53 bits per heavy atom. The summed E-state index contributed by atoms with van der Waals surface area (Å²) in [6.45, 7) is 0. The van der Waals surface area contributed by atoms with Crippen molar-refractivity contribution in [3.05, 3.63) is 24.0 Å². The van der Waals surface area contributed by atoms with Crippen LogP contribution in [0, 0.1) is 0 Å². The number of carbonyl (C=O) groups is 3. The predicted molar refractivity (Wildman–Crippen MR) is 66.7 cm³/mol. The second-order valence-electron chi connectivity index (χ2n) is 4.32. The normalized spacial score (nSPS) is 18.8. The Hall–Kier alpha value is -2.44. The molecule has 3 amide bonds. The van der Waals surface area contributed by atoms with Gasteiger partial charge in [-0.15, -0.1) is 0 Å². The number of hydrogen-bond donors (Lipinski definition) is 3. The Morgan fingerprint density at radius 2 is 2.32 bits per heavy atom. The molecule has 0 spiro atoms. The number of pyridine rings is 1. The Kier molecular flexibility index (Phi) is 3.74. The van der Waals surface area contributed by atoms with E-state index < -0.39 is 11.9 Å². The first-order chi connectivity index (χ1) is 9.06. The number of nitrogens with zero attached hydrogens (tertiary/aromatic N) is 1. The van der Waals surface area contributed by atoms with Gasteiger partial charge in [-0.05, 0) is 12.5 Å². The zero-order valence-electron chi connectivity index (χ0n) is 10.2. The first kappa shape index (κ1) is 13.0. The van der Waals surface area contributed by atoms with Gasteiger partial charge in [0.2, 0.25) is 17.7 Å². The molecular weight excluding hydrogens is 248 g/mol. The first-order valence-electron chi connectivity index (χ1n) is 5.87. The van der Waals surface area contributed by atoms with Crippen molar-refractivity contribution in [2.45, 2.75) is 25.3 Å². The number of carbonyl (C=O) groups excluding carboxylic acids is 3. The highest BCUT2D eigenvalue weighted by Crippen LogP contribution is 2.10. The minimum Gasteiger partial charge on any atom is -0.398 e. The Morgan fingerprint density at radius 3 is 3.00 bits per heavy atom. The molecule has 1 fully saturated rings. The predicted octanol–water partition coefficient (Wildman–Crippen LogP) is -0.872. The van der Waals surface area contributed by atoms with E-state index in [1.807, 2.05) is 0 Å². The Bertz CT molecular complexity index is 529. The molecule has 100 valence electrons. The van der Waals surface area contributed by atoms with Crippen LogP contribution in [0.4, 0.5) is 5.69 Å². The standard InChI is InChI=1S/C12H14N4O3/c13-8-3-4-14-6-7(8)5-11(18)15-9-1-2-10(17)16-12(9)19/h3-4,6,9H,1-2,5H2,(H2,13,14)(H,15,18)(H,16,17,19). The van der Waals surface area contributed by atoms with Gasteiger partial charge in [0.1, 0.15) is 6.04 Å². The molecule has 7 heteroatoms. The maximum Gasteiger partial charge on any atom is 0.249 e. The maximum absolute atomic E-state index is 11.8. The van der Waals surface area contributed by atoms with Gasteiger partial charge in [0.25, 0.3) is 0 Å². The molecule has 1 unspecified atom stereocenters. The van der Waals surface area contributed by atoms with Gasteiger partial charge >= 0.3 is 0 Å². The molecule has 1 atom stereocenters. The molecule has 1 aromatic heterocycles. The molecule has 0 aromatic carbocycles. The molecule has 0 saturated carbocycles. The third-order valence-electron chi connectivity index (χ3n) is 2.87. The van der Waals surface area contributed by atoms with Crippen molar-refractivity contribution in [3.63, 3.8) is 0 Å². The van der Waals surface area contributed by atoms with Gasteiger partial charge in [0.05, 0.1) is 6.42 Å². The molecule has 1 aliphatic heterocycles. The maximum atomic E-state index is 11.8. The zero-order valence-corrected chi connectivity index (χ0v) is 10.2. The van der Waals surface area contributed by atoms with E-state index in [2.05, 4.69) is 15.6 Å². The molecule has 2 heterocycles. The van der Waals surface area contributed by atoms with Crippen LogP contribution in [-0.2, 0) is 20.8 Å². The topological polar surface area (TPSA) is 114 Å². The van der Waals surface area contributed by atoms with Gasteiger partial charge in [-0.25, -0.2) is 0 Å². The molecule has 0 radical (unpaired) electrons. The van der Waals surface area contributed by atoms with Crippen LogP contribution in [0.5, 0.6) is 0 Å². The van der Waals surface area contributed by atoms with Crippen molar-refractivity contribution in [3.8, 4) is 0 Å². The molecule has 7 nitrogen and oxygen atoms in total. The molecule has 1 aromatic rings. The average molecular weight is 262 g/mol. The van der Waals surface area contributed by atoms with E-state index in [1.54, 1.807) is 6.07 Å². The van der Waals surface area contributed by atoms with Crippen molar-refractivity contribution < 1.29 is 14.4 Å². The molecule has 1 saturated heterocycles. The molecular formula is C12H14N4O3. The van der Waals surface area contributed by atoms with E-state index in [4.69, 9.17) is 5.73 Å². The van der Waals surface area contributed by atoms with E-state index in [9.17, 15) is 14.4 Å². The molecule has 1 aliphatic rings. The first-order valence-corrected chi connectivity index (χ1v) is 5.87. The lowest BCUT2D eigenvalue weighted by atomic mass is 10.1. The van der Waals surface area contributed by atoms with Crippen LogP contribution in [-0.4, -0.2) is 28.7 Å². The third-order valence-corrected chi connectivity index (χ3v) is 2.87. The van der Waals surface area contributed by atoms with Crippen LogP contribution < -0.4 is 16.4 Å². The van der Waals surface area contributed by atoms with Crippen molar-refractivity contribution in [1.82, 2.24) is 15.6 Å². The summed E-state index contributed by atoms with van der Waals surface area (Å²) >= 11 is 0. The molecule has 2 rings (SSSR count). The van der Waals surface area contributed by atoms with Crippen LogP contribution in [0.15, 0.2) is 18.5 Å². The fourth-order valence-corrected chi connectivity index (χ4v) is 1.84. The van der Waals surface area contributed by atoms with Gasteiger partial charge < -0.3 is 11.1 Å². The number of piperidine rings is 1. The number of nitrogens with one attached hydrogen (secondary N) is 2. The minimum absolute atomic E-state index is 0.0530. The average Bonchev–Trinajstić information content (AvgIpc) is 2.36. The van der Waals surface area contributed by atoms with Crippen molar-refractivity contribution in [2.24, 2.45) is 0 Å². The second kappa shape index (κ2) is 5.47. The van der Waals surface area contributed by atoms with E-state index in [1.165, 1.54) is 12.4 Å². The summed E-state index contributed by atoms with van der Waals surface area (Å²) in [5, 5.41) is 4.76. The quantitative estimate of drug-likeness (QED) is 0.612. The van der Waals surface area contributed by atoms with E-state index in [-0.39, 0.29) is 24.7 Å². The van der Waals surface area contributed by atoms with E-state index >= 15 is 0 Å². The van der Waals surface area contributed by atoms with Crippen LogP contribution in [0.2, 0.25) is 0 Å². The second-order valence-corrected chi connectivity index (χ2v) is 4.32. The van der Waals surface area contributed by atoms with Gasteiger partial charge in [0.15, 0.2) is 0 Å². The van der Waals surface area contributed by atoms with Crippen LogP contribution in [0.25, 0.3) is 0 Å². The largest absolute Gasteiger partial charge is 0.398 e. The molecule has 0 aliphatic carbocycles. The zero-order chi connectivity index (χ0) is 13.8. The van der Waals surface area contributed by atoms with Gasteiger partial charge in [-0.1, -0.05) is 0 Å². The number of imide groups is 1. The lowest BCUT2D eigenvalue weighted by Crippen LogP contribution is -2.52. The summed E-state index contributed by atoms with van der Waals surface area (Å²) in [6.07, 6.45) is 3.65. The summed E-state index contributed by atoms with van der Waals surface area (Å²) in [6, 6.07) is 0.942. The van der Waals surface area contributed by atoms with Crippen LogP contribution in [0.3, 0.4) is 0 Å². The summed E-state index contributed by atoms with van der Waals surface area (Å²) in [5.74, 6) is -1.11. The summed E-state index contributed by atoms with van der Waals surface area (Å²) in [5.41, 5.74) is 6.79. The Labute approximate surface area is 109 Å². The summed E-state index contributed by atoms with van der Waals surface area (Å²) < 4.78 is 0. The highest BCUT2D eigenvalue weighted by molar-refractivity contribution is 6.01. The van der Waals surface area contributed by atoms with Crippen LogP contribution >= 0.6 is 0 Å². The third kappa shape index (κ3) is 3.27. The summed E-state index contributed by atoms with van der Waals surface area (Å²) in [4.78, 5) is 38.1. The van der Waals surface area contributed by atoms with E-state index in [0.717, 1.165) is 0 Å². The highest BCUT2D eigenvalue weighted by atomic mass is 16.2. The van der Waals surface area contributed by atoms with Crippen LogP contribution in [0.1, 0.15) is 18.4 Å². The number of anilines is 1. The fourth-order valence-electron chi connectivity index (χ4n) is 1.84. The smallest absolute Gasteiger partial charge is 0.249 e. The summed E-state index contributed by atoms with van der Waals surface area (Å²) in [7, 11) is 0. The molecule has 0 bridgehead atoms. The number of hydrogen-bond acceptors (Lipinski definition) is 5. The SMILES string of the molecule is Nc1ccncc1CC(=O)NC1CCC(=O)NC1=O. The van der Waals surface area contributed by atoms with Gasteiger partial charge in [0, 0.05) is 30.1 Å². The number of amides is 3. The monoisotopic (exact) mass is 262 g/mol. The Balaban J connectivity index is 1.93. The van der Waals surface area contributed by atoms with Gasteiger partial charge in [-0.2, -0.15) is 0 Å². The van der Waals surface area contributed by atoms with Crippen molar-refractivity contribution in [2.75, 3.05) is 5.73 Å².